The van der Waals surface area contributed by atoms with Crippen LogP contribution in [0.2, 0.25) is 0 Å². The Kier molecular flexibility index (Phi) is 8.45. The molecule has 0 aliphatic rings. The van der Waals surface area contributed by atoms with E-state index in [0.717, 1.165) is 12.0 Å². The average Bonchev–Trinajstić information content (AvgIpc) is 3.35. The molecule has 10 heteroatoms. The number of hydrogen-bond donors (Lipinski definition) is 1. The lowest BCUT2D eigenvalue weighted by atomic mass is 10.1. The molecule has 200 valence electrons. The molecule has 0 spiro atoms. The normalized spacial score (nSPS) is 10.7. The highest BCUT2D eigenvalue weighted by molar-refractivity contribution is 5.99. The van der Waals surface area contributed by atoms with Crippen LogP contribution in [0.25, 0.3) is 16.9 Å². The van der Waals surface area contributed by atoms with Gasteiger partial charge in [-0.2, -0.15) is 5.10 Å². The molecule has 0 aliphatic heterocycles. The molecule has 4 rings (SSSR count). The number of aryl methyl sites for hydroxylation is 1. The van der Waals surface area contributed by atoms with Crippen LogP contribution in [0.3, 0.4) is 0 Å². The van der Waals surface area contributed by atoms with Gasteiger partial charge < -0.3 is 10.2 Å². The number of nitro groups is 1. The number of aromatic nitrogens is 2. The van der Waals surface area contributed by atoms with Gasteiger partial charge in [-0.1, -0.05) is 49.7 Å². The summed E-state index contributed by atoms with van der Waals surface area (Å²) in [5.41, 5.74) is 2.39. The molecular formula is C29H28FN5O4. The number of rotatable bonds is 10. The van der Waals surface area contributed by atoms with Gasteiger partial charge in [0.25, 0.3) is 11.6 Å². The molecule has 0 fully saturated rings. The maximum absolute atomic E-state index is 13.6. The van der Waals surface area contributed by atoms with E-state index in [1.54, 1.807) is 25.1 Å². The summed E-state index contributed by atoms with van der Waals surface area (Å²) in [6, 6.07) is 21.1. The number of nitrogens with zero attached hydrogens (tertiary/aromatic N) is 4. The molecular weight excluding hydrogens is 501 g/mol. The fourth-order valence-electron chi connectivity index (χ4n) is 4.08. The van der Waals surface area contributed by atoms with Crippen LogP contribution in [0, 0.1) is 22.9 Å². The first-order valence-corrected chi connectivity index (χ1v) is 12.5. The Hall–Kier alpha value is -4.86. The lowest BCUT2D eigenvalue weighted by Crippen LogP contribution is -2.39. The Morgan fingerprint density at radius 1 is 1.05 bits per heavy atom. The van der Waals surface area contributed by atoms with Crippen molar-refractivity contribution in [2.75, 3.05) is 18.4 Å². The summed E-state index contributed by atoms with van der Waals surface area (Å²) in [5, 5.41) is 18.8. The Bertz CT molecular complexity index is 1490. The summed E-state index contributed by atoms with van der Waals surface area (Å²) >= 11 is 0. The summed E-state index contributed by atoms with van der Waals surface area (Å²) < 4.78 is 15.1. The smallest absolute Gasteiger partial charge is 0.273 e. The minimum absolute atomic E-state index is 0.138. The molecule has 1 heterocycles. The lowest BCUT2D eigenvalue weighted by Gasteiger charge is -2.22. The summed E-state index contributed by atoms with van der Waals surface area (Å²) in [4.78, 5) is 38.8. The van der Waals surface area contributed by atoms with E-state index in [0.29, 0.717) is 35.7 Å². The Morgan fingerprint density at radius 2 is 1.77 bits per heavy atom. The van der Waals surface area contributed by atoms with Crippen LogP contribution >= 0.6 is 0 Å². The molecule has 1 aromatic heterocycles. The Balaban J connectivity index is 1.61. The largest absolute Gasteiger partial charge is 0.329 e. The van der Waals surface area contributed by atoms with Gasteiger partial charge in [0.05, 0.1) is 16.3 Å². The monoisotopic (exact) mass is 529 g/mol. The van der Waals surface area contributed by atoms with E-state index >= 15 is 0 Å². The van der Waals surface area contributed by atoms with Crippen molar-refractivity contribution in [3.63, 3.8) is 0 Å². The van der Waals surface area contributed by atoms with Gasteiger partial charge in [0.2, 0.25) is 5.91 Å². The molecule has 0 saturated heterocycles. The van der Waals surface area contributed by atoms with Crippen molar-refractivity contribution in [1.29, 1.82) is 0 Å². The van der Waals surface area contributed by atoms with E-state index in [1.807, 2.05) is 37.3 Å². The predicted octanol–water partition coefficient (Wildman–Crippen LogP) is 5.78. The van der Waals surface area contributed by atoms with Crippen LogP contribution in [0.1, 0.15) is 35.7 Å². The van der Waals surface area contributed by atoms with Gasteiger partial charge >= 0.3 is 0 Å². The van der Waals surface area contributed by atoms with E-state index < -0.39 is 22.6 Å². The lowest BCUT2D eigenvalue weighted by molar-refractivity contribution is -0.385. The zero-order valence-corrected chi connectivity index (χ0v) is 21.6. The third-order valence-electron chi connectivity index (χ3n) is 6.17. The van der Waals surface area contributed by atoms with E-state index in [9.17, 15) is 24.1 Å². The molecule has 0 radical (unpaired) electrons. The number of hydrogen-bond acceptors (Lipinski definition) is 5. The maximum atomic E-state index is 13.6. The number of carbonyl (C=O) groups is 2. The van der Waals surface area contributed by atoms with Gasteiger partial charge in [0, 0.05) is 35.4 Å². The number of nitro benzene ring substituents is 1. The molecule has 0 saturated carbocycles. The third kappa shape index (κ3) is 6.53. The standard InChI is InChI=1S/C29H28FN5O4/c1-3-4-16-33(29(37)22-11-10-20(2)26(17-22)35(38)39)19-28(36)31-27-18-25(21-8-6-5-7-9-21)32-34(27)24-14-12-23(30)13-15-24/h5-15,17-18H,3-4,16,19H2,1-2H3,(H,31,36). The topological polar surface area (TPSA) is 110 Å². The second kappa shape index (κ2) is 12.1. The van der Waals surface area contributed by atoms with Crippen molar-refractivity contribution in [3.8, 4) is 16.9 Å². The second-order valence-corrected chi connectivity index (χ2v) is 9.06. The number of anilines is 1. The van der Waals surface area contributed by atoms with Gasteiger partial charge in [-0.05, 0) is 43.7 Å². The van der Waals surface area contributed by atoms with Gasteiger partial charge in [0.15, 0.2) is 0 Å². The van der Waals surface area contributed by atoms with Crippen LogP contribution < -0.4 is 5.32 Å². The quantitative estimate of drug-likeness (QED) is 0.207. The minimum Gasteiger partial charge on any atom is -0.329 e. The molecule has 0 atom stereocenters. The van der Waals surface area contributed by atoms with Crippen molar-refractivity contribution < 1.29 is 18.9 Å². The highest BCUT2D eigenvalue weighted by atomic mass is 19.1. The Morgan fingerprint density at radius 3 is 2.44 bits per heavy atom. The van der Waals surface area contributed by atoms with E-state index in [4.69, 9.17) is 0 Å². The molecule has 0 bridgehead atoms. The molecule has 4 aromatic rings. The van der Waals surface area contributed by atoms with Gasteiger partial charge in [0.1, 0.15) is 18.2 Å². The molecule has 2 amide bonds. The number of nitrogens with one attached hydrogen (secondary N) is 1. The average molecular weight is 530 g/mol. The predicted molar refractivity (Wildman–Crippen MR) is 146 cm³/mol. The zero-order valence-electron chi connectivity index (χ0n) is 21.6. The fourth-order valence-corrected chi connectivity index (χ4v) is 4.08. The molecule has 3 aromatic carbocycles. The summed E-state index contributed by atoms with van der Waals surface area (Å²) in [6.07, 6.45) is 1.44. The van der Waals surface area contributed by atoms with Crippen LogP contribution in [0.4, 0.5) is 15.9 Å². The first-order chi connectivity index (χ1) is 18.8. The van der Waals surface area contributed by atoms with Gasteiger partial charge in [-0.25, -0.2) is 9.07 Å². The fraction of sp³-hybridized carbons (Fsp3) is 0.207. The van der Waals surface area contributed by atoms with Crippen LogP contribution in [0.15, 0.2) is 78.9 Å². The van der Waals surface area contributed by atoms with Gasteiger partial charge in [-0.15, -0.1) is 0 Å². The van der Waals surface area contributed by atoms with Gasteiger partial charge in [-0.3, -0.25) is 19.7 Å². The first-order valence-electron chi connectivity index (χ1n) is 12.5. The molecule has 0 aliphatic carbocycles. The van der Waals surface area contributed by atoms with Crippen molar-refractivity contribution in [2.45, 2.75) is 26.7 Å². The number of unbranched alkanes of at least 4 members (excludes halogenated alkanes) is 1. The molecule has 0 unspecified atom stereocenters. The van der Waals surface area contributed by atoms with Crippen LogP contribution in [-0.2, 0) is 4.79 Å². The van der Waals surface area contributed by atoms with Crippen molar-refractivity contribution in [2.24, 2.45) is 0 Å². The third-order valence-corrected chi connectivity index (χ3v) is 6.17. The van der Waals surface area contributed by atoms with E-state index in [2.05, 4.69) is 10.4 Å². The zero-order chi connectivity index (χ0) is 27.9. The van der Waals surface area contributed by atoms with Crippen molar-refractivity contribution in [3.05, 3.63) is 106 Å². The number of carbonyl (C=O) groups excluding carboxylic acids is 2. The number of halogens is 1. The maximum Gasteiger partial charge on any atom is 0.273 e. The number of amides is 2. The second-order valence-electron chi connectivity index (χ2n) is 9.06. The highest BCUT2D eigenvalue weighted by Crippen LogP contribution is 2.25. The van der Waals surface area contributed by atoms with Crippen LogP contribution in [-0.4, -0.2) is 44.5 Å². The summed E-state index contributed by atoms with van der Waals surface area (Å²) in [5.74, 6) is -0.997. The number of benzene rings is 3. The molecule has 39 heavy (non-hydrogen) atoms. The van der Waals surface area contributed by atoms with Crippen molar-refractivity contribution >= 4 is 23.3 Å². The highest BCUT2D eigenvalue weighted by Gasteiger charge is 2.23. The summed E-state index contributed by atoms with van der Waals surface area (Å²) in [6.45, 7) is 3.60. The van der Waals surface area contributed by atoms with E-state index in [-0.39, 0.29) is 17.8 Å². The first kappa shape index (κ1) is 27.2. The molecule has 1 N–H and O–H groups in total. The molecule has 9 nitrogen and oxygen atoms in total. The minimum atomic E-state index is -0.532. The van der Waals surface area contributed by atoms with Crippen molar-refractivity contribution in [1.82, 2.24) is 14.7 Å². The Labute approximate surface area is 225 Å². The van der Waals surface area contributed by atoms with E-state index in [1.165, 1.54) is 39.9 Å². The SMILES string of the molecule is CCCCN(CC(=O)Nc1cc(-c2ccccc2)nn1-c1ccc(F)cc1)C(=O)c1ccc(C)c([N+](=O)[O-])c1. The van der Waals surface area contributed by atoms with Crippen LogP contribution in [0.5, 0.6) is 0 Å². The summed E-state index contributed by atoms with van der Waals surface area (Å²) in [7, 11) is 0.